The van der Waals surface area contributed by atoms with E-state index in [1.54, 1.807) is 6.07 Å². The lowest BCUT2D eigenvalue weighted by atomic mass is 10.1. The van der Waals surface area contributed by atoms with Crippen LogP contribution in [0.5, 0.6) is 0 Å². The molecule has 0 saturated heterocycles. The van der Waals surface area contributed by atoms with Crippen LogP contribution < -0.4 is 5.32 Å². The first-order chi connectivity index (χ1) is 9.09. The summed E-state index contributed by atoms with van der Waals surface area (Å²) < 4.78 is 4.60. The Bertz CT molecular complexity index is 612. The van der Waals surface area contributed by atoms with Gasteiger partial charge in [0.05, 0.1) is 11.5 Å². The van der Waals surface area contributed by atoms with E-state index < -0.39 is 16.5 Å². The van der Waals surface area contributed by atoms with Crippen molar-refractivity contribution in [1.29, 1.82) is 0 Å². The molecule has 0 aliphatic heterocycles. The van der Waals surface area contributed by atoms with Gasteiger partial charge in [0.1, 0.15) is 22.5 Å². The molecule has 0 bridgehead atoms. The van der Waals surface area contributed by atoms with Crippen LogP contribution in [0.4, 0.5) is 5.69 Å². The molecule has 2 aromatic rings. The van der Waals surface area contributed by atoms with E-state index in [0.717, 1.165) is 0 Å². The number of amides is 1. The fourth-order valence-corrected chi connectivity index (χ4v) is 1.72. The number of carbonyl (C=O) groups is 1. The van der Waals surface area contributed by atoms with Gasteiger partial charge in [-0.3, -0.25) is 14.9 Å². The maximum absolute atomic E-state index is 11.9. The topological polar surface area (TPSA) is 98.3 Å². The summed E-state index contributed by atoms with van der Waals surface area (Å²) in [7, 11) is 0. The molecule has 0 unspecified atom stereocenters. The smallest absolute Gasteiger partial charge is 0.300 e. The van der Waals surface area contributed by atoms with Gasteiger partial charge in [0.2, 0.25) is 0 Å². The standard InChI is InChI=1S/C11H8ClN3O4/c12-9-3-1-2-8(10(9)15(17)18)11(16)13-6-7-4-5-19-14-7/h1-5H,6H2,(H,13,16). The number of carbonyl (C=O) groups excluding carboxylic acids is 1. The zero-order valence-electron chi connectivity index (χ0n) is 9.50. The van der Waals surface area contributed by atoms with Gasteiger partial charge >= 0.3 is 5.69 Å². The molecule has 0 saturated carbocycles. The van der Waals surface area contributed by atoms with Crippen LogP contribution in [0.2, 0.25) is 5.02 Å². The van der Waals surface area contributed by atoms with Crippen LogP contribution in [0.1, 0.15) is 16.1 Å². The number of nitro groups is 1. The Labute approximate surface area is 112 Å². The monoisotopic (exact) mass is 281 g/mol. The van der Waals surface area contributed by atoms with Crippen LogP contribution in [0, 0.1) is 10.1 Å². The highest BCUT2D eigenvalue weighted by molar-refractivity contribution is 6.33. The third-order valence-corrected chi connectivity index (χ3v) is 2.64. The Balaban J connectivity index is 2.19. The lowest BCUT2D eigenvalue weighted by molar-refractivity contribution is -0.385. The second kappa shape index (κ2) is 5.49. The van der Waals surface area contributed by atoms with E-state index in [4.69, 9.17) is 11.6 Å². The number of nitro benzene ring substituents is 1. The fraction of sp³-hybridized carbons (Fsp3) is 0.0909. The predicted octanol–water partition coefficient (Wildman–Crippen LogP) is 2.17. The molecule has 1 aromatic heterocycles. The molecule has 0 aliphatic rings. The summed E-state index contributed by atoms with van der Waals surface area (Å²) in [6.45, 7) is 0.110. The molecule has 1 aromatic carbocycles. The van der Waals surface area contributed by atoms with Crippen molar-refractivity contribution in [3.05, 3.63) is 56.9 Å². The lowest BCUT2D eigenvalue weighted by Crippen LogP contribution is -2.23. The molecule has 19 heavy (non-hydrogen) atoms. The van der Waals surface area contributed by atoms with Gasteiger partial charge in [-0.25, -0.2) is 0 Å². The van der Waals surface area contributed by atoms with Crippen molar-refractivity contribution in [2.24, 2.45) is 0 Å². The number of hydrogen-bond donors (Lipinski definition) is 1. The number of aromatic nitrogens is 1. The third-order valence-electron chi connectivity index (χ3n) is 2.34. The van der Waals surface area contributed by atoms with Crippen molar-refractivity contribution in [1.82, 2.24) is 10.5 Å². The molecule has 7 nitrogen and oxygen atoms in total. The van der Waals surface area contributed by atoms with Crippen molar-refractivity contribution >= 4 is 23.2 Å². The maximum atomic E-state index is 11.9. The van der Waals surface area contributed by atoms with E-state index in [2.05, 4.69) is 15.0 Å². The molecule has 1 amide bonds. The minimum Gasteiger partial charge on any atom is -0.364 e. The van der Waals surface area contributed by atoms with Gasteiger partial charge in [-0.15, -0.1) is 0 Å². The molecule has 0 radical (unpaired) electrons. The second-order valence-corrected chi connectivity index (χ2v) is 3.97. The predicted molar refractivity (Wildman–Crippen MR) is 65.8 cm³/mol. The normalized spacial score (nSPS) is 10.2. The Kier molecular flexibility index (Phi) is 3.76. The zero-order valence-corrected chi connectivity index (χ0v) is 10.3. The Morgan fingerprint density at radius 2 is 2.26 bits per heavy atom. The van der Waals surface area contributed by atoms with Crippen molar-refractivity contribution in [3.63, 3.8) is 0 Å². The molecule has 0 fully saturated rings. The number of nitrogens with zero attached hydrogens (tertiary/aromatic N) is 2. The molecule has 2 rings (SSSR count). The minimum absolute atomic E-state index is 0.0842. The van der Waals surface area contributed by atoms with E-state index in [1.165, 1.54) is 24.5 Å². The Hall–Kier alpha value is -2.41. The van der Waals surface area contributed by atoms with Crippen LogP contribution in [-0.2, 0) is 6.54 Å². The second-order valence-electron chi connectivity index (χ2n) is 3.57. The average Bonchev–Trinajstić information content (AvgIpc) is 2.88. The first-order valence-electron chi connectivity index (χ1n) is 5.20. The number of hydrogen-bond acceptors (Lipinski definition) is 5. The molecule has 0 spiro atoms. The molecular weight excluding hydrogens is 274 g/mol. The van der Waals surface area contributed by atoms with E-state index in [0.29, 0.717) is 5.69 Å². The summed E-state index contributed by atoms with van der Waals surface area (Å²) in [5.41, 5.74) is 0.000783. The summed E-state index contributed by atoms with van der Waals surface area (Å²) in [5.74, 6) is -0.600. The zero-order chi connectivity index (χ0) is 13.8. The molecule has 1 heterocycles. The van der Waals surface area contributed by atoms with Crippen LogP contribution in [0.3, 0.4) is 0 Å². The van der Waals surface area contributed by atoms with E-state index in [9.17, 15) is 14.9 Å². The highest BCUT2D eigenvalue weighted by Crippen LogP contribution is 2.27. The largest absolute Gasteiger partial charge is 0.364 e. The molecule has 0 aliphatic carbocycles. The third kappa shape index (κ3) is 2.89. The molecule has 1 N–H and O–H groups in total. The highest BCUT2D eigenvalue weighted by atomic mass is 35.5. The molecule has 0 atom stereocenters. The Morgan fingerprint density at radius 3 is 2.89 bits per heavy atom. The minimum atomic E-state index is -0.687. The Morgan fingerprint density at radius 1 is 1.47 bits per heavy atom. The van der Waals surface area contributed by atoms with Gasteiger partial charge in [-0.2, -0.15) is 0 Å². The van der Waals surface area contributed by atoms with Gasteiger partial charge in [0.25, 0.3) is 5.91 Å². The summed E-state index contributed by atoms with van der Waals surface area (Å²) in [6, 6.07) is 5.74. The fourth-order valence-electron chi connectivity index (χ4n) is 1.48. The van der Waals surface area contributed by atoms with Gasteiger partial charge in [-0.05, 0) is 12.1 Å². The first kappa shape index (κ1) is 13.0. The van der Waals surface area contributed by atoms with Crippen LogP contribution in [0.15, 0.2) is 35.1 Å². The van der Waals surface area contributed by atoms with Gasteiger partial charge in [0.15, 0.2) is 0 Å². The average molecular weight is 282 g/mol. The van der Waals surface area contributed by atoms with E-state index in [1.807, 2.05) is 0 Å². The number of halogens is 1. The van der Waals surface area contributed by atoms with Crippen LogP contribution in [-0.4, -0.2) is 16.0 Å². The molecule has 8 heteroatoms. The summed E-state index contributed by atoms with van der Waals surface area (Å²) in [4.78, 5) is 22.1. The maximum Gasteiger partial charge on any atom is 0.300 e. The SMILES string of the molecule is O=C(NCc1ccon1)c1cccc(Cl)c1[N+](=O)[O-]. The van der Waals surface area contributed by atoms with Crippen LogP contribution in [0.25, 0.3) is 0 Å². The quantitative estimate of drug-likeness (QED) is 0.684. The highest BCUT2D eigenvalue weighted by Gasteiger charge is 2.23. The van der Waals surface area contributed by atoms with E-state index >= 15 is 0 Å². The number of rotatable bonds is 4. The van der Waals surface area contributed by atoms with Crippen molar-refractivity contribution in [3.8, 4) is 0 Å². The lowest BCUT2D eigenvalue weighted by Gasteiger charge is -2.04. The summed E-state index contributed by atoms with van der Waals surface area (Å²) in [5, 5.41) is 16.9. The summed E-state index contributed by atoms with van der Waals surface area (Å²) in [6.07, 6.45) is 1.36. The van der Waals surface area contributed by atoms with E-state index in [-0.39, 0.29) is 17.1 Å². The van der Waals surface area contributed by atoms with Crippen molar-refractivity contribution < 1.29 is 14.2 Å². The summed E-state index contributed by atoms with van der Waals surface area (Å²) >= 11 is 5.72. The number of benzene rings is 1. The van der Waals surface area contributed by atoms with Gasteiger partial charge < -0.3 is 9.84 Å². The molecule has 98 valence electrons. The molecular formula is C11H8ClN3O4. The first-order valence-corrected chi connectivity index (χ1v) is 5.57. The van der Waals surface area contributed by atoms with Crippen molar-refractivity contribution in [2.75, 3.05) is 0 Å². The number of nitrogens with one attached hydrogen (secondary N) is 1. The number of para-hydroxylation sites is 1. The van der Waals surface area contributed by atoms with Crippen molar-refractivity contribution in [2.45, 2.75) is 6.54 Å². The van der Waals surface area contributed by atoms with Gasteiger partial charge in [0, 0.05) is 6.07 Å². The van der Waals surface area contributed by atoms with Gasteiger partial charge in [-0.1, -0.05) is 22.8 Å². The van der Waals surface area contributed by atoms with Crippen LogP contribution >= 0.6 is 11.6 Å².